The van der Waals surface area contributed by atoms with Crippen LogP contribution in [0.15, 0.2) is 54.6 Å². The molecule has 1 fully saturated rings. The van der Waals surface area contributed by atoms with Crippen molar-refractivity contribution < 1.29 is 4.79 Å². The van der Waals surface area contributed by atoms with Crippen LogP contribution >= 0.6 is 11.3 Å². The van der Waals surface area contributed by atoms with E-state index in [9.17, 15) is 4.79 Å². The molecule has 0 unspecified atom stereocenters. The summed E-state index contributed by atoms with van der Waals surface area (Å²) in [6, 6.07) is 18.3. The fourth-order valence-corrected chi connectivity index (χ4v) is 4.80. The first-order chi connectivity index (χ1) is 12.8. The number of thiophene rings is 1. The lowest BCUT2D eigenvalue weighted by Crippen LogP contribution is -2.37. The third kappa shape index (κ3) is 2.69. The Kier molecular flexibility index (Phi) is 3.75. The van der Waals surface area contributed by atoms with Gasteiger partial charge >= 0.3 is 0 Å². The van der Waals surface area contributed by atoms with Gasteiger partial charge in [-0.2, -0.15) is 0 Å². The predicted molar refractivity (Wildman–Crippen MR) is 106 cm³/mol. The van der Waals surface area contributed by atoms with E-state index in [4.69, 9.17) is 4.98 Å². The number of carbonyl (C=O) groups is 1. The molecule has 0 atom stereocenters. The van der Waals surface area contributed by atoms with Crippen molar-refractivity contribution in [2.75, 3.05) is 13.1 Å². The highest BCUT2D eigenvalue weighted by Gasteiger charge is 2.27. The van der Waals surface area contributed by atoms with Crippen molar-refractivity contribution in [1.82, 2.24) is 14.9 Å². The minimum absolute atomic E-state index is 0.161. The van der Waals surface area contributed by atoms with E-state index in [1.165, 1.54) is 4.70 Å². The zero-order valence-electron chi connectivity index (χ0n) is 14.3. The topological polar surface area (TPSA) is 49.0 Å². The number of imidazole rings is 1. The summed E-state index contributed by atoms with van der Waals surface area (Å²) in [4.78, 5) is 23.9. The van der Waals surface area contributed by atoms with Crippen LogP contribution in [0.2, 0.25) is 0 Å². The largest absolute Gasteiger partial charge is 0.342 e. The molecule has 26 heavy (non-hydrogen) atoms. The first-order valence-corrected chi connectivity index (χ1v) is 9.82. The van der Waals surface area contributed by atoms with Crippen LogP contribution in [0, 0.1) is 0 Å². The zero-order valence-corrected chi connectivity index (χ0v) is 15.1. The van der Waals surface area contributed by atoms with Crippen molar-refractivity contribution in [2.45, 2.75) is 18.8 Å². The standard InChI is InChI=1S/C21H19N3OS/c25-21(19-13-15-5-1-4-8-18(15)26-19)24-11-9-14(10-12-24)20-22-16-6-2-3-7-17(16)23-20/h1-8,13-14H,9-12H2,(H,22,23). The highest BCUT2D eigenvalue weighted by molar-refractivity contribution is 7.20. The third-order valence-corrected chi connectivity index (χ3v) is 6.32. The molecule has 5 heteroatoms. The van der Waals surface area contributed by atoms with Gasteiger partial charge in [-0.1, -0.05) is 30.3 Å². The van der Waals surface area contributed by atoms with Gasteiger partial charge in [-0.15, -0.1) is 11.3 Å². The molecule has 4 aromatic rings. The van der Waals surface area contributed by atoms with E-state index in [1.54, 1.807) is 11.3 Å². The van der Waals surface area contributed by atoms with Gasteiger partial charge < -0.3 is 9.88 Å². The summed E-state index contributed by atoms with van der Waals surface area (Å²) >= 11 is 1.59. The maximum Gasteiger partial charge on any atom is 0.263 e. The van der Waals surface area contributed by atoms with E-state index in [0.29, 0.717) is 5.92 Å². The Labute approximate surface area is 155 Å². The van der Waals surface area contributed by atoms with Crippen molar-refractivity contribution in [3.8, 4) is 0 Å². The van der Waals surface area contributed by atoms with Crippen LogP contribution in [-0.2, 0) is 0 Å². The molecule has 1 aliphatic heterocycles. The summed E-state index contributed by atoms with van der Waals surface area (Å²) in [5.41, 5.74) is 2.11. The number of hydrogen-bond acceptors (Lipinski definition) is 3. The molecule has 1 saturated heterocycles. The first-order valence-electron chi connectivity index (χ1n) is 9.00. The molecule has 4 nitrogen and oxygen atoms in total. The quantitative estimate of drug-likeness (QED) is 0.558. The molecule has 3 heterocycles. The number of aromatic amines is 1. The molecular weight excluding hydrogens is 342 g/mol. The van der Waals surface area contributed by atoms with Crippen molar-refractivity contribution in [2.24, 2.45) is 0 Å². The average Bonchev–Trinajstić information content (AvgIpc) is 3.31. The number of piperidine rings is 1. The maximum absolute atomic E-state index is 12.9. The second-order valence-electron chi connectivity index (χ2n) is 6.85. The third-order valence-electron chi connectivity index (χ3n) is 5.21. The number of para-hydroxylation sites is 2. The fourth-order valence-electron chi connectivity index (χ4n) is 3.77. The highest BCUT2D eigenvalue weighted by Crippen LogP contribution is 2.31. The summed E-state index contributed by atoms with van der Waals surface area (Å²) in [5.74, 6) is 1.61. The highest BCUT2D eigenvalue weighted by atomic mass is 32.1. The van der Waals surface area contributed by atoms with Gasteiger partial charge in [0, 0.05) is 23.7 Å². The van der Waals surface area contributed by atoms with Gasteiger partial charge in [-0.3, -0.25) is 4.79 Å². The number of rotatable bonds is 2. The molecule has 0 bridgehead atoms. The van der Waals surface area contributed by atoms with E-state index in [0.717, 1.165) is 53.1 Å². The molecule has 1 N–H and O–H groups in total. The van der Waals surface area contributed by atoms with Crippen molar-refractivity contribution >= 4 is 38.4 Å². The number of H-pyrrole nitrogens is 1. The summed E-state index contributed by atoms with van der Waals surface area (Å²) in [5, 5.41) is 1.15. The minimum Gasteiger partial charge on any atom is -0.342 e. The van der Waals surface area contributed by atoms with Crippen molar-refractivity contribution in [1.29, 1.82) is 0 Å². The van der Waals surface area contributed by atoms with Gasteiger partial charge in [-0.25, -0.2) is 4.98 Å². The Balaban J connectivity index is 1.31. The number of likely N-dealkylation sites (tertiary alicyclic amines) is 1. The fraction of sp³-hybridized carbons (Fsp3) is 0.238. The molecule has 5 rings (SSSR count). The summed E-state index contributed by atoms with van der Waals surface area (Å²) in [6.45, 7) is 1.57. The minimum atomic E-state index is 0.161. The van der Waals surface area contributed by atoms with Crippen LogP contribution in [0.3, 0.4) is 0 Å². The number of nitrogens with zero attached hydrogens (tertiary/aromatic N) is 2. The average molecular weight is 361 g/mol. The zero-order chi connectivity index (χ0) is 17.5. The second kappa shape index (κ2) is 6.25. The van der Waals surface area contributed by atoms with E-state index in [2.05, 4.69) is 23.2 Å². The molecule has 0 aliphatic carbocycles. The van der Waals surface area contributed by atoms with Gasteiger partial charge in [0.05, 0.1) is 15.9 Å². The van der Waals surface area contributed by atoms with E-state index in [-0.39, 0.29) is 5.91 Å². The predicted octanol–water partition coefficient (Wildman–Crippen LogP) is 4.80. The number of amides is 1. The molecule has 1 amide bonds. The molecule has 130 valence electrons. The maximum atomic E-state index is 12.9. The Morgan fingerprint density at radius 1 is 1.08 bits per heavy atom. The van der Waals surface area contributed by atoms with Crippen LogP contribution < -0.4 is 0 Å². The number of hydrogen-bond donors (Lipinski definition) is 1. The lowest BCUT2D eigenvalue weighted by molar-refractivity contribution is 0.0716. The molecule has 0 radical (unpaired) electrons. The normalized spacial score (nSPS) is 15.8. The van der Waals surface area contributed by atoms with Crippen LogP contribution in [0.5, 0.6) is 0 Å². The molecule has 2 aromatic heterocycles. The number of benzene rings is 2. The number of nitrogens with one attached hydrogen (secondary N) is 1. The Morgan fingerprint density at radius 3 is 2.65 bits per heavy atom. The molecule has 0 saturated carbocycles. The van der Waals surface area contributed by atoms with Gasteiger partial charge in [0.15, 0.2) is 0 Å². The van der Waals surface area contributed by atoms with Crippen molar-refractivity contribution in [3.63, 3.8) is 0 Å². The van der Waals surface area contributed by atoms with Crippen LogP contribution in [0.4, 0.5) is 0 Å². The summed E-state index contributed by atoms with van der Waals surface area (Å²) < 4.78 is 1.17. The lowest BCUT2D eigenvalue weighted by Gasteiger charge is -2.30. The number of fused-ring (bicyclic) bond motifs is 2. The number of aromatic nitrogens is 2. The van der Waals surface area contributed by atoms with E-state index >= 15 is 0 Å². The first kappa shape index (κ1) is 15.6. The van der Waals surface area contributed by atoms with Gasteiger partial charge in [0.1, 0.15) is 5.82 Å². The van der Waals surface area contributed by atoms with E-state index < -0.39 is 0 Å². The van der Waals surface area contributed by atoms with Crippen molar-refractivity contribution in [3.05, 3.63) is 65.3 Å². The van der Waals surface area contributed by atoms with Gasteiger partial charge in [-0.05, 0) is 42.5 Å². The molecular formula is C21H19N3OS. The molecule has 2 aromatic carbocycles. The number of carbonyl (C=O) groups excluding carboxylic acids is 1. The lowest BCUT2D eigenvalue weighted by atomic mass is 9.96. The van der Waals surface area contributed by atoms with Gasteiger partial charge in [0.25, 0.3) is 5.91 Å². The summed E-state index contributed by atoms with van der Waals surface area (Å²) in [6.07, 6.45) is 1.91. The Morgan fingerprint density at radius 2 is 1.85 bits per heavy atom. The summed E-state index contributed by atoms with van der Waals surface area (Å²) in [7, 11) is 0. The Bertz CT molecular complexity index is 1020. The van der Waals surface area contributed by atoms with Crippen LogP contribution in [-0.4, -0.2) is 33.9 Å². The SMILES string of the molecule is O=C(c1cc2ccccc2s1)N1CCC(c2nc3ccccc3[nH]2)CC1. The van der Waals surface area contributed by atoms with Gasteiger partial charge in [0.2, 0.25) is 0 Å². The second-order valence-corrected chi connectivity index (χ2v) is 7.94. The monoisotopic (exact) mass is 361 g/mol. The molecule has 1 aliphatic rings. The van der Waals surface area contributed by atoms with Crippen LogP contribution in [0.1, 0.15) is 34.3 Å². The Hall–Kier alpha value is -2.66. The molecule has 0 spiro atoms. The van der Waals surface area contributed by atoms with Crippen LogP contribution in [0.25, 0.3) is 21.1 Å². The smallest absolute Gasteiger partial charge is 0.263 e. The van der Waals surface area contributed by atoms with E-state index in [1.807, 2.05) is 41.3 Å².